The topological polar surface area (TPSA) is 37.3 Å². The van der Waals surface area contributed by atoms with Gasteiger partial charge in [-0.15, -0.1) is 0 Å². The summed E-state index contributed by atoms with van der Waals surface area (Å²) in [5.74, 6) is -2.76. The number of aliphatic carboxylic acids is 1. The number of alkyl halides is 3. The molecule has 0 fully saturated rings. The molecule has 0 heterocycles. The Morgan fingerprint density at radius 1 is 0.500 bits per heavy atom. The number of hydrogen-bond donors (Lipinski definition) is 1. The second kappa shape index (κ2) is 24.5. The average Bonchev–Trinajstić information content (AvgIpc) is 2.69. The Labute approximate surface area is 184 Å². The first-order valence-electron chi connectivity index (χ1n) is 12.7. The molecule has 0 saturated carbocycles. The van der Waals surface area contributed by atoms with Crippen molar-refractivity contribution in [3.8, 4) is 0 Å². The zero-order chi connectivity index (χ0) is 22.9. The summed E-state index contributed by atoms with van der Waals surface area (Å²) in [4.78, 5) is 8.90. The lowest BCUT2D eigenvalue weighted by molar-refractivity contribution is -0.192. The van der Waals surface area contributed by atoms with Crippen LogP contribution in [-0.4, -0.2) is 17.3 Å². The highest BCUT2D eigenvalue weighted by Gasteiger charge is 2.38. The summed E-state index contributed by atoms with van der Waals surface area (Å²) in [5, 5.41) is 7.12. The smallest absolute Gasteiger partial charge is 0.475 e. The van der Waals surface area contributed by atoms with Crippen molar-refractivity contribution in [2.75, 3.05) is 0 Å². The van der Waals surface area contributed by atoms with E-state index >= 15 is 0 Å². The van der Waals surface area contributed by atoms with Crippen molar-refractivity contribution in [1.82, 2.24) is 0 Å². The normalized spacial score (nSPS) is 11.2. The lowest BCUT2D eigenvalue weighted by Gasteiger charge is -2.04. The minimum Gasteiger partial charge on any atom is -0.475 e. The molecular weight excluding hydrogens is 389 g/mol. The number of unbranched alkanes of at least 4 members (excludes halogenated alkanes) is 20. The molecule has 0 spiro atoms. The summed E-state index contributed by atoms with van der Waals surface area (Å²) >= 11 is 0. The summed E-state index contributed by atoms with van der Waals surface area (Å²) in [6, 6.07) is 0. The SMILES string of the molecule is CCCCCCCCCCCCCCCCCCCCCCC.O=C(O)C(F)(F)F. The Hall–Kier alpha value is -0.740. The van der Waals surface area contributed by atoms with E-state index in [-0.39, 0.29) is 0 Å². The molecule has 0 radical (unpaired) electrons. The van der Waals surface area contributed by atoms with Gasteiger partial charge in [0.15, 0.2) is 0 Å². The van der Waals surface area contributed by atoms with E-state index in [9.17, 15) is 13.2 Å². The molecule has 0 amide bonds. The molecule has 30 heavy (non-hydrogen) atoms. The van der Waals surface area contributed by atoms with E-state index < -0.39 is 12.1 Å². The van der Waals surface area contributed by atoms with Crippen LogP contribution in [0.2, 0.25) is 0 Å². The molecule has 0 saturated heterocycles. The maximum atomic E-state index is 10.6. The second-order valence-electron chi connectivity index (χ2n) is 8.52. The van der Waals surface area contributed by atoms with Gasteiger partial charge in [-0.05, 0) is 0 Å². The molecule has 0 aliphatic heterocycles. The maximum Gasteiger partial charge on any atom is 0.490 e. The Morgan fingerprint density at radius 3 is 0.733 bits per heavy atom. The summed E-state index contributed by atoms with van der Waals surface area (Å²) in [7, 11) is 0. The minimum absolute atomic E-state index is 1.37. The fraction of sp³-hybridized carbons (Fsp3) is 0.960. The van der Waals surface area contributed by atoms with E-state index in [2.05, 4.69) is 13.8 Å². The van der Waals surface area contributed by atoms with Gasteiger partial charge in [0.1, 0.15) is 0 Å². The van der Waals surface area contributed by atoms with Gasteiger partial charge >= 0.3 is 12.1 Å². The number of hydrogen-bond acceptors (Lipinski definition) is 1. The van der Waals surface area contributed by atoms with Gasteiger partial charge in [-0.25, -0.2) is 4.79 Å². The third-order valence-electron chi connectivity index (χ3n) is 5.45. The number of carbonyl (C=O) groups is 1. The molecule has 0 aromatic carbocycles. The molecule has 0 aromatic heterocycles. The lowest BCUT2D eigenvalue weighted by Crippen LogP contribution is -2.21. The third kappa shape index (κ3) is 29.5. The van der Waals surface area contributed by atoms with Gasteiger partial charge in [0.2, 0.25) is 0 Å². The highest BCUT2D eigenvalue weighted by Crippen LogP contribution is 2.15. The quantitative estimate of drug-likeness (QED) is 0.192. The predicted octanol–water partition coefficient (Wildman–Crippen LogP) is 9.85. The molecule has 0 aliphatic rings. The van der Waals surface area contributed by atoms with E-state index in [4.69, 9.17) is 9.90 Å². The molecule has 0 rings (SSSR count). The highest BCUT2D eigenvalue weighted by atomic mass is 19.4. The summed E-state index contributed by atoms with van der Waals surface area (Å²) in [6.45, 7) is 4.60. The van der Waals surface area contributed by atoms with Crippen molar-refractivity contribution < 1.29 is 23.1 Å². The molecule has 5 heteroatoms. The maximum absolute atomic E-state index is 10.6. The largest absolute Gasteiger partial charge is 0.490 e. The van der Waals surface area contributed by atoms with Gasteiger partial charge in [-0.1, -0.05) is 149 Å². The Balaban J connectivity index is 0. The Bertz CT molecular complexity index is 324. The molecule has 0 aliphatic carbocycles. The first kappa shape index (κ1) is 31.4. The molecule has 0 atom stereocenters. The van der Waals surface area contributed by atoms with Crippen LogP contribution in [0.25, 0.3) is 0 Å². The zero-order valence-corrected chi connectivity index (χ0v) is 19.8. The Kier molecular flexibility index (Phi) is 25.7. The van der Waals surface area contributed by atoms with Crippen LogP contribution in [0.15, 0.2) is 0 Å². The summed E-state index contributed by atoms with van der Waals surface area (Å²) in [5.41, 5.74) is 0. The monoisotopic (exact) mass is 438 g/mol. The summed E-state index contributed by atoms with van der Waals surface area (Å²) < 4.78 is 31.7. The molecule has 0 aromatic rings. The van der Waals surface area contributed by atoms with Gasteiger partial charge in [0.25, 0.3) is 0 Å². The number of carboxylic acid groups (broad SMARTS) is 1. The van der Waals surface area contributed by atoms with Crippen LogP contribution in [0.3, 0.4) is 0 Å². The molecule has 1 N–H and O–H groups in total. The van der Waals surface area contributed by atoms with Crippen molar-refractivity contribution in [3.63, 3.8) is 0 Å². The van der Waals surface area contributed by atoms with Crippen molar-refractivity contribution in [2.45, 2.75) is 155 Å². The molecular formula is C25H49F3O2. The highest BCUT2D eigenvalue weighted by molar-refractivity contribution is 5.73. The first-order valence-corrected chi connectivity index (χ1v) is 12.7. The van der Waals surface area contributed by atoms with Crippen LogP contribution in [-0.2, 0) is 4.79 Å². The first-order chi connectivity index (χ1) is 14.4. The van der Waals surface area contributed by atoms with Crippen LogP contribution >= 0.6 is 0 Å². The van der Waals surface area contributed by atoms with Gasteiger partial charge in [-0.3, -0.25) is 0 Å². The van der Waals surface area contributed by atoms with Gasteiger partial charge in [0, 0.05) is 0 Å². The minimum atomic E-state index is -5.08. The van der Waals surface area contributed by atoms with Gasteiger partial charge in [-0.2, -0.15) is 13.2 Å². The molecule has 0 unspecified atom stereocenters. The van der Waals surface area contributed by atoms with Gasteiger partial charge in [0.05, 0.1) is 0 Å². The number of rotatable bonds is 20. The average molecular weight is 439 g/mol. The lowest BCUT2D eigenvalue weighted by atomic mass is 10.0. The second-order valence-corrected chi connectivity index (χ2v) is 8.52. The van der Waals surface area contributed by atoms with Crippen LogP contribution < -0.4 is 0 Å². The summed E-state index contributed by atoms with van der Waals surface area (Å²) in [6.07, 6.45) is 25.8. The van der Waals surface area contributed by atoms with Gasteiger partial charge < -0.3 is 5.11 Å². The number of carboxylic acids is 1. The van der Waals surface area contributed by atoms with Crippen LogP contribution in [0, 0.1) is 0 Å². The standard InChI is InChI=1S/C23H48.C2HF3O2/c1-3-5-7-9-11-13-15-17-19-21-23-22-20-18-16-14-12-10-8-6-4-2;3-2(4,5)1(6)7/h3-23H2,1-2H3;(H,6,7). The molecule has 0 bridgehead atoms. The molecule has 2 nitrogen and oxygen atoms in total. The van der Waals surface area contributed by atoms with Crippen molar-refractivity contribution in [3.05, 3.63) is 0 Å². The van der Waals surface area contributed by atoms with E-state index in [1.54, 1.807) is 0 Å². The van der Waals surface area contributed by atoms with E-state index in [1.165, 1.54) is 135 Å². The van der Waals surface area contributed by atoms with Crippen molar-refractivity contribution in [1.29, 1.82) is 0 Å². The zero-order valence-electron chi connectivity index (χ0n) is 19.8. The van der Waals surface area contributed by atoms with Crippen molar-refractivity contribution >= 4 is 5.97 Å². The van der Waals surface area contributed by atoms with E-state index in [0.29, 0.717) is 0 Å². The van der Waals surface area contributed by atoms with E-state index in [0.717, 1.165) is 0 Å². The fourth-order valence-electron chi connectivity index (χ4n) is 3.51. The van der Waals surface area contributed by atoms with Crippen LogP contribution in [0.4, 0.5) is 13.2 Å². The van der Waals surface area contributed by atoms with Crippen LogP contribution in [0.5, 0.6) is 0 Å². The van der Waals surface area contributed by atoms with Crippen LogP contribution in [0.1, 0.15) is 149 Å². The third-order valence-corrected chi connectivity index (χ3v) is 5.45. The fourth-order valence-corrected chi connectivity index (χ4v) is 3.51. The Morgan fingerprint density at radius 2 is 0.633 bits per heavy atom. The van der Waals surface area contributed by atoms with E-state index in [1.807, 2.05) is 0 Å². The van der Waals surface area contributed by atoms with Crippen molar-refractivity contribution in [2.24, 2.45) is 0 Å². The number of halogens is 3. The predicted molar refractivity (Wildman–Crippen MR) is 122 cm³/mol. The molecule has 182 valence electrons.